The van der Waals surface area contributed by atoms with Crippen molar-refractivity contribution in [2.75, 3.05) is 16.8 Å². The third-order valence-corrected chi connectivity index (χ3v) is 6.39. The number of ether oxygens (including phenoxy) is 1. The lowest BCUT2D eigenvalue weighted by atomic mass is 9.76. The molecule has 1 saturated carbocycles. The fourth-order valence-electron chi connectivity index (χ4n) is 4.85. The van der Waals surface area contributed by atoms with E-state index < -0.39 is 18.5 Å². The van der Waals surface area contributed by atoms with Gasteiger partial charge >= 0.3 is 5.97 Å². The average Bonchev–Trinajstić information content (AvgIpc) is 3.01. The summed E-state index contributed by atoms with van der Waals surface area (Å²) < 4.78 is 5.12. The molecule has 0 bridgehead atoms. The van der Waals surface area contributed by atoms with Crippen LogP contribution in [0.15, 0.2) is 42.5 Å². The predicted molar refractivity (Wildman–Crippen MR) is 124 cm³/mol. The van der Waals surface area contributed by atoms with E-state index in [0.717, 1.165) is 30.4 Å². The highest BCUT2D eigenvalue weighted by Gasteiger charge is 2.49. The van der Waals surface area contributed by atoms with Crippen LogP contribution in [0, 0.1) is 31.6 Å². The number of aryl methyl sites for hydroxylation is 2. The third kappa shape index (κ3) is 4.82. The lowest BCUT2D eigenvalue weighted by Crippen LogP contribution is -2.30. The molecule has 1 aliphatic carbocycles. The minimum absolute atomic E-state index is 0.157. The van der Waals surface area contributed by atoms with Crippen molar-refractivity contribution in [3.8, 4) is 0 Å². The maximum absolute atomic E-state index is 12.9. The molecule has 172 valence electrons. The van der Waals surface area contributed by atoms with Gasteiger partial charge in [-0.2, -0.15) is 0 Å². The maximum Gasteiger partial charge on any atom is 0.338 e. The van der Waals surface area contributed by atoms with Crippen LogP contribution < -0.4 is 10.2 Å². The highest BCUT2D eigenvalue weighted by atomic mass is 16.5. The summed E-state index contributed by atoms with van der Waals surface area (Å²) in [7, 11) is 0. The molecule has 0 aromatic heterocycles. The van der Waals surface area contributed by atoms with E-state index in [0.29, 0.717) is 17.3 Å². The first kappa shape index (κ1) is 22.7. The van der Waals surface area contributed by atoms with Crippen LogP contribution in [0.4, 0.5) is 11.4 Å². The van der Waals surface area contributed by atoms with Gasteiger partial charge in [-0.15, -0.1) is 0 Å². The van der Waals surface area contributed by atoms with Crippen LogP contribution in [-0.4, -0.2) is 30.3 Å². The second kappa shape index (κ2) is 9.17. The molecule has 1 heterocycles. The number of benzene rings is 2. The summed E-state index contributed by atoms with van der Waals surface area (Å²) in [6, 6.07) is 11.8. The van der Waals surface area contributed by atoms with Gasteiger partial charge in [-0.1, -0.05) is 13.0 Å². The van der Waals surface area contributed by atoms with Gasteiger partial charge in [0.2, 0.25) is 11.8 Å². The number of carbonyl (C=O) groups excluding carboxylic acids is 4. The fraction of sp³-hybridized carbons (Fsp3) is 0.385. The van der Waals surface area contributed by atoms with E-state index >= 15 is 0 Å². The Morgan fingerprint density at radius 2 is 1.61 bits per heavy atom. The second-order valence-electron chi connectivity index (χ2n) is 9.19. The lowest BCUT2D eigenvalue weighted by molar-refractivity contribution is -0.122. The minimum Gasteiger partial charge on any atom is -0.452 e. The number of fused-ring (bicyclic) bond motifs is 1. The van der Waals surface area contributed by atoms with Gasteiger partial charge in [-0.3, -0.25) is 19.3 Å². The first-order chi connectivity index (χ1) is 15.7. The molecule has 3 atom stereocenters. The highest BCUT2D eigenvalue weighted by molar-refractivity contribution is 6.22. The molecule has 1 N–H and O–H groups in total. The Balaban J connectivity index is 1.36. The largest absolute Gasteiger partial charge is 0.452 e. The van der Waals surface area contributed by atoms with Crippen LogP contribution in [0.25, 0.3) is 0 Å². The molecule has 7 heteroatoms. The number of nitrogens with one attached hydrogen (secondary N) is 1. The van der Waals surface area contributed by atoms with E-state index in [9.17, 15) is 19.2 Å². The molecule has 3 amide bonds. The Kier molecular flexibility index (Phi) is 6.31. The smallest absolute Gasteiger partial charge is 0.338 e. The number of carbonyl (C=O) groups is 4. The summed E-state index contributed by atoms with van der Waals surface area (Å²) in [5, 5.41) is 2.72. The van der Waals surface area contributed by atoms with Crippen molar-refractivity contribution in [2.45, 2.75) is 40.0 Å². The van der Waals surface area contributed by atoms with Gasteiger partial charge in [-0.05, 0) is 86.6 Å². The van der Waals surface area contributed by atoms with E-state index in [4.69, 9.17) is 4.74 Å². The summed E-state index contributed by atoms with van der Waals surface area (Å²) >= 11 is 0. The Morgan fingerprint density at radius 3 is 2.27 bits per heavy atom. The standard InChI is InChI=1S/C26H28N2O5/c1-15-4-9-21-22(13-15)25(31)28(24(21)30)20-7-5-18(6-8-20)26(32)33-14-23(29)27-19-11-16(2)10-17(3)12-19/h5-8,10-12,15,21-22H,4,9,13-14H2,1-3H3,(H,27,29)/t15-,21-,22+/m1/s1. The number of anilines is 2. The fourth-order valence-corrected chi connectivity index (χ4v) is 4.85. The van der Waals surface area contributed by atoms with Crippen molar-refractivity contribution in [2.24, 2.45) is 17.8 Å². The normalized spacial score (nSPS) is 22.2. The summed E-state index contributed by atoms with van der Waals surface area (Å²) in [4.78, 5) is 51.4. The molecule has 33 heavy (non-hydrogen) atoms. The van der Waals surface area contributed by atoms with E-state index in [2.05, 4.69) is 12.2 Å². The summed E-state index contributed by atoms with van der Waals surface area (Å²) in [6.45, 7) is 5.56. The number of amides is 3. The Labute approximate surface area is 193 Å². The number of hydrogen-bond donors (Lipinski definition) is 1. The molecular formula is C26H28N2O5. The van der Waals surface area contributed by atoms with Gasteiger partial charge in [0.25, 0.3) is 5.91 Å². The zero-order chi connectivity index (χ0) is 23.7. The van der Waals surface area contributed by atoms with Crippen molar-refractivity contribution < 1.29 is 23.9 Å². The number of imide groups is 1. The van der Waals surface area contributed by atoms with Crippen LogP contribution in [0.5, 0.6) is 0 Å². The van der Waals surface area contributed by atoms with Gasteiger partial charge in [0.05, 0.1) is 23.1 Å². The van der Waals surface area contributed by atoms with Crippen LogP contribution in [0.3, 0.4) is 0 Å². The zero-order valence-electron chi connectivity index (χ0n) is 19.1. The van der Waals surface area contributed by atoms with Crippen molar-refractivity contribution in [3.05, 3.63) is 59.2 Å². The SMILES string of the molecule is Cc1cc(C)cc(NC(=O)COC(=O)c2ccc(N3C(=O)[C@H]4C[C@H](C)CC[C@H]4C3=O)cc2)c1. The molecule has 4 rings (SSSR count). The lowest BCUT2D eigenvalue weighted by Gasteiger charge is -2.25. The van der Waals surface area contributed by atoms with Crippen molar-refractivity contribution in [1.29, 1.82) is 0 Å². The molecule has 0 unspecified atom stereocenters. The molecule has 0 spiro atoms. The predicted octanol–water partition coefficient (Wildman–Crippen LogP) is 4.02. The molecule has 7 nitrogen and oxygen atoms in total. The van der Waals surface area contributed by atoms with Gasteiger partial charge < -0.3 is 10.1 Å². The van der Waals surface area contributed by atoms with Crippen molar-refractivity contribution in [3.63, 3.8) is 0 Å². The van der Waals surface area contributed by atoms with Gasteiger partial charge in [0, 0.05) is 5.69 Å². The monoisotopic (exact) mass is 448 g/mol. The Morgan fingerprint density at radius 1 is 0.970 bits per heavy atom. The molecule has 2 aromatic carbocycles. The second-order valence-corrected chi connectivity index (χ2v) is 9.19. The summed E-state index contributed by atoms with van der Waals surface area (Å²) in [5.74, 6) is -1.46. The third-order valence-electron chi connectivity index (χ3n) is 6.39. The van der Waals surface area contributed by atoms with E-state index in [-0.39, 0.29) is 29.2 Å². The van der Waals surface area contributed by atoms with Crippen LogP contribution in [-0.2, 0) is 19.1 Å². The molecular weight excluding hydrogens is 420 g/mol. The Bertz CT molecular complexity index is 1090. The first-order valence-corrected chi connectivity index (χ1v) is 11.3. The number of hydrogen-bond acceptors (Lipinski definition) is 5. The van der Waals surface area contributed by atoms with Crippen LogP contribution in [0.2, 0.25) is 0 Å². The molecule has 2 fully saturated rings. The summed E-state index contributed by atoms with van der Waals surface area (Å²) in [5.41, 5.74) is 3.38. The van der Waals surface area contributed by atoms with Gasteiger partial charge in [-0.25, -0.2) is 4.79 Å². The van der Waals surface area contributed by atoms with Gasteiger partial charge in [0.15, 0.2) is 6.61 Å². The van der Waals surface area contributed by atoms with Gasteiger partial charge in [0.1, 0.15) is 0 Å². The zero-order valence-corrected chi connectivity index (χ0v) is 19.1. The molecule has 1 aliphatic heterocycles. The van der Waals surface area contributed by atoms with Crippen LogP contribution >= 0.6 is 0 Å². The topological polar surface area (TPSA) is 92.8 Å². The molecule has 0 radical (unpaired) electrons. The quantitative estimate of drug-likeness (QED) is 0.551. The maximum atomic E-state index is 12.9. The van der Waals surface area contributed by atoms with E-state index in [1.807, 2.05) is 32.0 Å². The highest BCUT2D eigenvalue weighted by Crippen LogP contribution is 2.42. The van der Waals surface area contributed by atoms with Crippen molar-refractivity contribution in [1.82, 2.24) is 0 Å². The number of rotatable bonds is 5. The number of nitrogens with zero attached hydrogens (tertiary/aromatic N) is 1. The minimum atomic E-state index is -0.654. The van der Waals surface area contributed by atoms with E-state index in [1.165, 1.54) is 17.0 Å². The molecule has 2 aromatic rings. The van der Waals surface area contributed by atoms with E-state index in [1.54, 1.807) is 12.1 Å². The molecule has 2 aliphatic rings. The Hall–Kier alpha value is -3.48. The molecule has 1 saturated heterocycles. The van der Waals surface area contributed by atoms with Crippen LogP contribution in [0.1, 0.15) is 47.7 Å². The first-order valence-electron chi connectivity index (χ1n) is 11.3. The average molecular weight is 449 g/mol. The summed E-state index contributed by atoms with van der Waals surface area (Å²) in [6.07, 6.45) is 2.43. The van der Waals surface area contributed by atoms with Crippen molar-refractivity contribution >= 4 is 35.1 Å². The number of esters is 1.